The minimum Gasteiger partial charge on any atom is -0.508 e. The van der Waals surface area contributed by atoms with Gasteiger partial charge in [0.1, 0.15) is 30.2 Å². The monoisotopic (exact) mass is 456 g/mol. The maximum absolute atomic E-state index is 9.99. The van der Waals surface area contributed by atoms with Gasteiger partial charge in [0.05, 0.1) is 5.56 Å². The van der Waals surface area contributed by atoms with Gasteiger partial charge in [-0.05, 0) is 35.9 Å². The molecule has 1 atom stereocenters. The number of nitrogens with zero attached hydrogens (tertiary/aromatic N) is 4. The molecule has 0 fully saturated rings. The van der Waals surface area contributed by atoms with Gasteiger partial charge in [-0.3, -0.25) is 0 Å². The third-order valence-corrected chi connectivity index (χ3v) is 5.80. The summed E-state index contributed by atoms with van der Waals surface area (Å²) >= 11 is 5.94. The fourth-order valence-corrected chi connectivity index (χ4v) is 4.21. The molecule has 5 aromatic rings. The summed E-state index contributed by atoms with van der Waals surface area (Å²) in [6.07, 6.45) is 1.57. The summed E-state index contributed by atoms with van der Waals surface area (Å²) in [5.41, 5.74) is 3.43. The Kier molecular flexibility index (Phi) is 4.62. The number of hydrogen-bond donors (Lipinski definition) is 1. The smallest absolute Gasteiger partial charge is 0.228 e. The third-order valence-electron chi connectivity index (χ3n) is 5.55. The van der Waals surface area contributed by atoms with E-state index in [1.807, 2.05) is 24.3 Å². The van der Waals surface area contributed by atoms with Crippen LogP contribution in [0.3, 0.4) is 0 Å². The van der Waals surface area contributed by atoms with Gasteiger partial charge in [0.25, 0.3) is 0 Å². The molecule has 33 heavy (non-hydrogen) atoms. The summed E-state index contributed by atoms with van der Waals surface area (Å²) < 4.78 is 13.5. The van der Waals surface area contributed by atoms with Crippen LogP contribution < -0.4 is 9.47 Å². The number of phenolic OH excluding ortho intramolecular Hbond substituents is 1. The second-order valence-corrected chi connectivity index (χ2v) is 8.11. The lowest BCUT2D eigenvalue weighted by Crippen LogP contribution is -2.14. The predicted molar refractivity (Wildman–Crippen MR) is 122 cm³/mol. The zero-order chi connectivity index (χ0) is 22.4. The Balaban J connectivity index is 1.44. The second-order valence-electron chi connectivity index (χ2n) is 7.67. The highest BCUT2D eigenvalue weighted by Crippen LogP contribution is 2.48. The number of halogens is 1. The van der Waals surface area contributed by atoms with Crippen LogP contribution in [0.4, 0.5) is 0 Å². The number of phenols is 1. The highest BCUT2D eigenvalue weighted by molar-refractivity contribution is 6.30. The molecule has 8 heteroatoms. The van der Waals surface area contributed by atoms with E-state index in [0.717, 1.165) is 16.7 Å². The van der Waals surface area contributed by atoms with Crippen LogP contribution in [-0.4, -0.2) is 24.7 Å². The van der Waals surface area contributed by atoms with E-state index in [-0.39, 0.29) is 18.3 Å². The van der Waals surface area contributed by atoms with Crippen molar-refractivity contribution in [2.45, 2.75) is 12.5 Å². The van der Waals surface area contributed by atoms with Gasteiger partial charge in [-0.2, -0.15) is 0 Å². The minimum absolute atomic E-state index is 0.134. The molecule has 0 spiro atoms. The normalized spacial score (nSPS) is 14.4. The van der Waals surface area contributed by atoms with Gasteiger partial charge >= 0.3 is 0 Å². The fraction of sp³-hybridized carbons (Fsp3) is 0.0800. The molecule has 0 saturated heterocycles. The first-order valence-corrected chi connectivity index (χ1v) is 10.7. The Morgan fingerprint density at radius 2 is 1.85 bits per heavy atom. The Morgan fingerprint density at radius 1 is 1.03 bits per heavy atom. The molecule has 6 rings (SSSR count). The lowest BCUT2D eigenvalue weighted by molar-refractivity contribution is 0.296. The van der Waals surface area contributed by atoms with Crippen molar-refractivity contribution in [2.24, 2.45) is 0 Å². The highest BCUT2D eigenvalue weighted by Gasteiger charge is 2.33. The SMILES string of the molecule is Oc1ccc2c(c1)Oc1ncn3nc(COc4ccc(Cl)cc4)nc3c1[C@@H]2c1ccccc1. The average Bonchev–Trinajstić information content (AvgIpc) is 3.26. The van der Waals surface area contributed by atoms with E-state index in [0.29, 0.717) is 33.9 Å². The third kappa shape index (κ3) is 3.52. The second kappa shape index (κ2) is 7.79. The molecule has 0 aliphatic carbocycles. The van der Waals surface area contributed by atoms with Crippen LogP contribution in [0.15, 0.2) is 79.1 Å². The number of fused-ring (bicyclic) bond motifs is 4. The predicted octanol–water partition coefficient (Wildman–Crippen LogP) is 5.35. The molecule has 3 aromatic carbocycles. The van der Waals surface area contributed by atoms with Gasteiger partial charge in [0.2, 0.25) is 5.88 Å². The number of aromatic nitrogens is 4. The molecule has 1 N–H and O–H groups in total. The minimum atomic E-state index is -0.184. The fourth-order valence-electron chi connectivity index (χ4n) is 4.08. The Morgan fingerprint density at radius 3 is 2.67 bits per heavy atom. The van der Waals surface area contributed by atoms with Gasteiger partial charge in [-0.25, -0.2) is 14.5 Å². The summed E-state index contributed by atoms with van der Waals surface area (Å²) in [6.45, 7) is 0.194. The summed E-state index contributed by atoms with van der Waals surface area (Å²) in [6, 6.07) is 22.3. The number of ether oxygens (including phenoxy) is 2. The molecule has 0 amide bonds. The maximum atomic E-state index is 9.99. The Hall–Kier alpha value is -4.10. The van der Waals surface area contributed by atoms with Gasteiger partial charge in [-0.1, -0.05) is 48.0 Å². The highest BCUT2D eigenvalue weighted by atomic mass is 35.5. The van der Waals surface area contributed by atoms with Crippen molar-refractivity contribution in [3.63, 3.8) is 0 Å². The zero-order valence-corrected chi connectivity index (χ0v) is 18.0. The Bertz CT molecular complexity index is 1470. The zero-order valence-electron chi connectivity index (χ0n) is 17.2. The molecule has 162 valence electrons. The number of hydrogen-bond acceptors (Lipinski definition) is 6. The molecule has 0 radical (unpaired) electrons. The summed E-state index contributed by atoms with van der Waals surface area (Å²) in [4.78, 5) is 9.25. The van der Waals surface area contributed by atoms with Crippen LogP contribution in [0, 0.1) is 0 Å². The van der Waals surface area contributed by atoms with Crippen molar-refractivity contribution in [3.8, 4) is 23.1 Å². The number of rotatable bonds is 4. The maximum Gasteiger partial charge on any atom is 0.228 e. The van der Waals surface area contributed by atoms with Crippen LogP contribution in [0.1, 0.15) is 28.4 Å². The number of benzene rings is 3. The van der Waals surface area contributed by atoms with Crippen LogP contribution in [0.2, 0.25) is 5.02 Å². The van der Waals surface area contributed by atoms with Crippen LogP contribution >= 0.6 is 11.6 Å². The van der Waals surface area contributed by atoms with E-state index in [2.05, 4.69) is 22.2 Å². The van der Waals surface area contributed by atoms with E-state index < -0.39 is 0 Å². The van der Waals surface area contributed by atoms with Gasteiger partial charge in [0, 0.05) is 22.6 Å². The van der Waals surface area contributed by atoms with Gasteiger partial charge in [0.15, 0.2) is 11.5 Å². The van der Waals surface area contributed by atoms with Crippen molar-refractivity contribution < 1.29 is 14.6 Å². The molecule has 7 nitrogen and oxygen atoms in total. The largest absolute Gasteiger partial charge is 0.508 e. The quantitative estimate of drug-likeness (QED) is 0.385. The average molecular weight is 457 g/mol. The van der Waals surface area contributed by atoms with Crippen LogP contribution in [0.25, 0.3) is 5.65 Å². The molecule has 3 heterocycles. The first-order valence-electron chi connectivity index (χ1n) is 10.3. The number of aromatic hydroxyl groups is 1. The van der Waals surface area contributed by atoms with E-state index in [4.69, 9.17) is 26.1 Å². The first-order chi connectivity index (χ1) is 16.2. The molecule has 0 bridgehead atoms. The summed E-state index contributed by atoms with van der Waals surface area (Å²) in [5, 5.41) is 15.2. The lowest BCUT2D eigenvalue weighted by Gasteiger charge is -2.27. The molecular weight excluding hydrogens is 440 g/mol. The van der Waals surface area contributed by atoms with Crippen molar-refractivity contribution in [1.29, 1.82) is 0 Å². The molecule has 0 unspecified atom stereocenters. The topological polar surface area (TPSA) is 81.8 Å². The molecular formula is C25H17ClN4O3. The van der Waals surface area contributed by atoms with Crippen LogP contribution in [0.5, 0.6) is 23.1 Å². The van der Waals surface area contributed by atoms with E-state index in [1.54, 1.807) is 47.2 Å². The van der Waals surface area contributed by atoms with Crippen molar-refractivity contribution in [1.82, 2.24) is 19.6 Å². The molecule has 1 aliphatic rings. The van der Waals surface area contributed by atoms with Crippen molar-refractivity contribution in [2.75, 3.05) is 0 Å². The van der Waals surface area contributed by atoms with Crippen LogP contribution in [-0.2, 0) is 6.61 Å². The molecule has 1 aliphatic heterocycles. The molecule has 0 saturated carbocycles. The summed E-state index contributed by atoms with van der Waals surface area (Å²) in [5.74, 6) is 2.15. The lowest BCUT2D eigenvalue weighted by atomic mass is 9.84. The van der Waals surface area contributed by atoms with E-state index in [1.165, 1.54) is 0 Å². The van der Waals surface area contributed by atoms with E-state index >= 15 is 0 Å². The summed E-state index contributed by atoms with van der Waals surface area (Å²) in [7, 11) is 0. The van der Waals surface area contributed by atoms with Gasteiger partial charge < -0.3 is 14.6 Å². The molecule has 2 aromatic heterocycles. The van der Waals surface area contributed by atoms with Gasteiger partial charge in [-0.15, -0.1) is 5.10 Å². The van der Waals surface area contributed by atoms with Crippen molar-refractivity contribution in [3.05, 3.63) is 107 Å². The first kappa shape index (κ1) is 19.6. The van der Waals surface area contributed by atoms with E-state index in [9.17, 15) is 5.11 Å². The standard InChI is InChI=1S/C25H17ClN4O3/c26-16-6-9-18(10-7-16)32-13-21-28-24-23-22(15-4-2-1-3-5-15)19-11-8-17(31)12-20(19)33-25(23)27-14-30(24)29-21/h1-12,14,22,31H,13H2/t22-/m1/s1. The Labute approximate surface area is 193 Å². The van der Waals surface area contributed by atoms with Crippen molar-refractivity contribution >= 4 is 17.2 Å².